The third-order valence-electron chi connectivity index (χ3n) is 1.53. The summed E-state index contributed by atoms with van der Waals surface area (Å²) in [7, 11) is 0. The molecule has 1 heteroatoms. The second-order valence-corrected chi connectivity index (χ2v) is 4.06. The molecule has 2 rings (SSSR count). The molecule has 0 N–H and O–H groups in total. The van der Waals surface area contributed by atoms with Crippen LogP contribution in [0.2, 0.25) is 0 Å². The topological polar surface area (TPSA) is 0 Å². The Balaban J connectivity index is 2.53. The van der Waals surface area contributed by atoms with Crippen molar-refractivity contribution < 1.29 is 0 Å². The van der Waals surface area contributed by atoms with Crippen molar-refractivity contribution in [2.45, 2.75) is 6.92 Å². The van der Waals surface area contributed by atoms with E-state index in [0.717, 1.165) is 0 Å². The van der Waals surface area contributed by atoms with Gasteiger partial charge >= 0.3 is 60.8 Å². The van der Waals surface area contributed by atoms with Crippen LogP contribution in [0.15, 0.2) is 33.7 Å². The van der Waals surface area contributed by atoms with Gasteiger partial charge in [-0.25, -0.2) is 0 Å². The Morgan fingerprint density at radius 3 is 2.89 bits per heavy atom. The molecular formula is C8H7As. The summed E-state index contributed by atoms with van der Waals surface area (Å²) >= 11 is 0.412. The summed E-state index contributed by atoms with van der Waals surface area (Å²) in [6, 6.07) is 0. The zero-order valence-corrected chi connectivity index (χ0v) is 7.13. The molecule has 44 valence electrons. The van der Waals surface area contributed by atoms with Crippen LogP contribution in [0.4, 0.5) is 0 Å². The molecular weight excluding hydrogens is 171 g/mol. The molecule has 0 aromatic rings. The van der Waals surface area contributed by atoms with E-state index < -0.39 is 0 Å². The zero-order chi connectivity index (χ0) is 6.27. The molecule has 0 saturated heterocycles. The van der Waals surface area contributed by atoms with E-state index >= 15 is 0 Å². The van der Waals surface area contributed by atoms with Crippen molar-refractivity contribution in [3.63, 3.8) is 0 Å². The fraction of sp³-hybridized carbons (Fsp3) is 0.125. The average molecular weight is 178 g/mol. The predicted octanol–water partition coefficient (Wildman–Crippen LogP) is 1.28. The van der Waals surface area contributed by atoms with E-state index in [2.05, 4.69) is 28.7 Å². The summed E-state index contributed by atoms with van der Waals surface area (Å²) in [6.07, 6.45) is 4.52. The number of allylic oxidation sites excluding steroid dienone is 5. The summed E-state index contributed by atoms with van der Waals surface area (Å²) in [5.74, 6) is 0. The third kappa shape index (κ3) is 0.783. The summed E-state index contributed by atoms with van der Waals surface area (Å²) in [5.41, 5.74) is 4.33. The molecule has 0 aromatic carbocycles. The molecule has 9 heavy (non-hydrogen) atoms. The van der Waals surface area contributed by atoms with Gasteiger partial charge in [0, 0.05) is 0 Å². The van der Waals surface area contributed by atoms with E-state index in [0.29, 0.717) is 15.3 Å². The van der Waals surface area contributed by atoms with Crippen LogP contribution in [0.5, 0.6) is 0 Å². The maximum atomic E-state index is 2.36. The van der Waals surface area contributed by atoms with Gasteiger partial charge in [0.05, 0.1) is 0 Å². The van der Waals surface area contributed by atoms with Gasteiger partial charge in [-0.1, -0.05) is 0 Å². The summed E-state index contributed by atoms with van der Waals surface area (Å²) in [5, 5.41) is 0. The van der Waals surface area contributed by atoms with Crippen molar-refractivity contribution >= 4 is 20.1 Å². The van der Waals surface area contributed by atoms with Crippen molar-refractivity contribution in [2.75, 3.05) is 0 Å². The minimum absolute atomic E-state index is 0.412. The van der Waals surface area contributed by atoms with Gasteiger partial charge in [-0.15, -0.1) is 0 Å². The SMILES string of the molecule is CC1=CC2=C[As]=CC2=C1. The number of hydrogen-bond donors (Lipinski definition) is 0. The molecule has 1 aliphatic heterocycles. The molecule has 0 saturated carbocycles. The van der Waals surface area contributed by atoms with Crippen LogP contribution < -0.4 is 0 Å². The van der Waals surface area contributed by atoms with Crippen LogP contribution in [0.25, 0.3) is 0 Å². The number of hydrogen-bond acceptors (Lipinski definition) is 0. The standard InChI is InChI=1S/C8H7As/c1-6-2-7-4-9-5-8(7)3-6/h2-5H,1H3. The Morgan fingerprint density at radius 2 is 2.11 bits per heavy atom. The zero-order valence-electron chi connectivity index (χ0n) is 5.26. The van der Waals surface area contributed by atoms with Gasteiger partial charge < -0.3 is 0 Å². The Hall–Kier alpha value is -0.352. The molecule has 0 atom stereocenters. The summed E-state index contributed by atoms with van der Waals surface area (Å²) < 4.78 is 0. The Labute approximate surface area is 61.2 Å². The fourth-order valence-corrected chi connectivity index (χ4v) is 2.89. The molecule has 0 unspecified atom stereocenters. The molecule has 1 aliphatic carbocycles. The minimum atomic E-state index is 0.412. The van der Waals surface area contributed by atoms with Gasteiger partial charge in [0.15, 0.2) is 0 Å². The molecule has 0 spiro atoms. The van der Waals surface area contributed by atoms with Gasteiger partial charge in [0.25, 0.3) is 0 Å². The Bertz CT molecular complexity index is 264. The molecule has 0 fully saturated rings. The van der Waals surface area contributed by atoms with E-state index in [1.54, 1.807) is 0 Å². The monoisotopic (exact) mass is 178 g/mol. The van der Waals surface area contributed by atoms with Crippen molar-refractivity contribution in [1.82, 2.24) is 0 Å². The van der Waals surface area contributed by atoms with E-state index in [1.807, 2.05) is 0 Å². The van der Waals surface area contributed by atoms with Crippen LogP contribution in [0.1, 0.15) is 6.92 Å². The van der Waals surface area contributed by atoms with Gasteiger partial charge in [-0.2, -0.15) is 0 Å². The molecule has 0 aromatic heterocycles. The first-order valence-electron chi connectivity index (χ1n) is 3.00. The predicted molar refractivity (Wildman–Crippen MR) is 41.7 cm³/mol. The van der Waals surface area contributed by atoms with Crippen molar-refractivity contribution in [3.8, 4) is 0 Å². The van der Waals surface area contributed by atoms with Crippen molar-refractivity contribution in [2.24, 2.45) is 0 Å². The van der Waals surface area contributed by atoms with E-state index in [1.165, 1.54) is 16.7 Å². The number of rotatable bonds is 0. The first-order valence-corrected chi connectivity index (χ1v) is 5.17. The summed E-state index contributed by atoms with van der Waals surface area (Å²) in [6.45, 7) is 2.15. The second-order valence-electron chi connectivity index (χ2n) is 2.35. The van der Waals surface area contributed by atoms with Gasteiger partial charge in [-0.05, 0) is 0 Å². The fourth-order valence-electron chi connectivity index (χ4n) is 1.12. The molecule has 0 amide bonds. The second kappa shape index (κ2) is 1.81. The van der Waals surface area contributed by atoms with Crippen LogP contribution >= 0.6 is 0 Å². The van der Waals surface area contributed by atoms with Crippen LogP contribution in [0.3, 0.4) is 0 Å². The van der Waals surface area contributed by atoms with Crippen LogP contribution in [-0.2, 0) is 0 Å². The third-order valence-corrected chi connectivity index (χ3v) is 3.32. The molecule has 0 nitrogen and oxygen atoms in total. The Morgan fingerprint density at radius 1 is 1.22 bits per heavy atom. The normalized spacial score (nSPS) is 23.0. The van der Waals surface area contributed by atoms with Gasteiger partial charge in [-0.3, -0.25) is 0 Å². The van der Waals surface area contributed by atoms with Crippen LogP contribution in [-0.4, -0.2) is 20.1 Å². The Kier molecular flexibility index (Phi) is 1.10. The van der Waals surface area contributed by atoms with Crippen molar-refractivity contribution in [3.05, 3.63) is 33.7 Å². The first-order chi connectivity index (χ1) is 4.36. The first kappa shape index (κ1) is 5.43. The number of fused-ring (bicyclic) bond motifs is 1. The quantitative estimate of drug-likeness (QED) is 0.490. The summed E-state index contributed by atoms with van der Waals surface area (Å²) in [4.78, 5) is 4.72. The molecule has 0 bridgehead atoms. The molecule has 0 radical (unpaired) electrons. The van der Waals surface area contributed by atoms with Gasteiger partial charge in [0.2, 0.25) is 0 Å². The molecule has 2 aliphatic rings. The van der Waals surface area contributed by atoms with E-state index in [9.17, 15) is 0 Å². The van der Waals surface area contributed by atoms with Gasteiger partial charge in [0.1, 0.15) is 0 Å². The van der Waals surface area contributed by atoms with Crippen molar-refractivity contribution in [1.29, 1.82) is 0 Å². The average Bonchev–Trinajstić information content (AvgIpc) is 2.22. The van der Waals surface area contributed by atoms with E-state index in [4.69, 9.17) is 0 Å². The maximum absolute atomic E-state index is 2.36. The molecule has 1 heterocycles. The van der Waals surface area contributed by atoms with Crippen LogP contribution in [0, 0.1) is 0 Å². The van der Waals surface area contributed by atoms with E-state index in [-0.39, 0.29) is 0 Å².